The van der Waals surface area contributed by atoms with Crippen molar-refractivity contribution in [3.05, 3.63) is 65.7 Å². The van der Waals surface area contributed by atoms with Gasteiger partial charge >= 0.3 is 0 Å². The minimum Gasteiger partial charge on any atom is -0.334 e. The highest BCUT2D eigenvalue weighted by Crippen LogP contribution is 2.33. The van der Waals surface area contributed by atoms with Crippen molar-refractivity contribution in [1.29, 1.82) is 0 Å². The summed E-state index contributed by atoms with van der Waals surface area (Å²) in [5.41, 5.74) is 2.09. The number of aromatic nitrogens is 1. The molecule has 1 aromatic heterocycles. The fourth-order valence-corrected chi connectivity index (χ4v) is 2.90. The lowest BCUT2D eigenvalue weighted by Gasteiger charge is -2.42. The summed E-state index contributed by atoms with van der Waals surface area (Å²) in [4.78, 5) is 20.4. The number of nitrogens with zero attached hydrogens (tertiary/aromatic N) is 3. The molecule has 3 rings (SSSR count). The van der Waals surface area contributed by atoms with Gasteiger partial charge in [0.1, 0.15) is 5.82 Å². The van der Waals surface area contributed by atoms with Gasteiger partial charge in [0.15, 0.2) is 0 Å². The Balaban J connectivity index is 1.56. The molecule has 0 spiro atoms. The topological polar surface area (TPSA) is 36.4 Å². The highest BCUT2D eigenvalue weighted by atomic mass is 19.1. The van der Waals surface area contributed by atoms with Crippen LogP contribution in [0.4, 0.5) is 4.39 Å². The van der Waals surface area contributed by atoms with Gasteiger partial charge in [-0.2, -0.15) is 0 Å². The lowest BCUT2D eigenvalue weighted by molar-refractivity contribution is -0.140. The van der Waals surface area contributed by atoms with Crippen LogP contribution >= 0.6 is 0 Å². The first-order valence-corrected chi connectivity index (χ1v) is 7.76. The summed E-state index contributed by atoms with van der Waals surface area (Å²) >= 11 is 0. The third-order valence-corrected chi connectivity index (χ3v) is 4.18. The third-order valence-electron chi connectivity index (χ3n) is 4.18. The number of carbonyl (C=O) groups is 1. The number of likely N-dealkylation sites (tertiary alicyclic amines) is 1. The lowest BCUT2D eigenvalue weighted by Crippen LogP contribution is -2.48. The van der Waals surface area contributed by atoms with Gasteiger partial charge in [-0.25, -0.2) is 4.39 Å². The van der Waals surface area contributed by atoms with Crippen molar-refractivity contribution in [2.75, 3.05) is 20.1 Å². The monoisotopic (exact) mass is 313 g/mol. The molecule has 5 heteroatoms. The third kappa shape index (κ3) is 3.74. The van der Waals surface area contributed by atoms with Crippen LogP contribution in [0.25, 0.3) is 0 Å². The molecule has 1 unspecified atom stereocenters. The van der Waals surface area contributed by atoms with Crippen LogP contribution in [0.2, 0.25) is 0 Å². The highest BCUT2D eigenvalue weighted by Gasteiger charge is 2.33. The maximum Gasteiger partial charge on any atom is 0.237 e. The molecule has 0 N–H and O–H groups in total. The Morgan fingerprint density at radius 2 is 2.13 bits per heavy atom. The molecule has 2 heterocycles. The summed E-state index contributed by atoms with van der Waals surface area (Å²) in [6.45, 7) is 1.82. The number of hydrogen-bond acceptors (Lipinski definition) is 3. The second-order valence-corrected chi connectivity index (χ2v) is 5.98. The van der Waals surface area contributed by atoms with E-state index >= 15 is 0 Å². The van der Waals surface area contributed by atoms with Crippen LogP contribution in [0.5, 0.6) is 0 Å². The van der Waals surface area contributed by atoms with Gasteiger partial charge in [-0.05, 0) is 42.8 Å². The van der Waals surface area contributed by atoms with Crippen LogP contribution in [0.3, 0.4) is 0 Å². The highest BCUT2D eigenvalue weighted by molar-refractivity contribution is 5.79. The van der Waals surface area contributed by atoms with Gasteiger partial charge in [-0.3, -0.25) is 14.7 Å². The van der Waals surface area contributed by atoms with Crippen LogP contribution < -0.4 is 0 Å². The molecule has 1 aliphatic heterocycles. The standard InChI is InChI=1S/C18H20FN3O/c1-21(12-14-3-2-9-20-11-14)13-18(23)22-10-8-17(22)15-4-6-16(19)7-5-15/h2-7,9,11,17H,8,10,12-13H2,1H3. The van der Waals surface area contributed by atoms with Gasteiger partial charge in [0.25, 0.3) is 0 Å². The van der Waals surface area contributed by atoms with Crippen LogP contribution in [0, 0.1) is 5.82 Å². The van der Waals surface area contributed by atoms with Crippen molar-refractivity contribution >= 4 is 5.91 Å². The smallest absolute Gasteiger partial charge is 0.237 e. The SMILES string of the molecule is CN(CC(=O)N1CCC1c1ccc(F)cc1)Cc1cccnc1. The number of pyridine rings is 1. The molecule has 0 bridgehead atoms. The quantitative estimate of drug-likeness (QED) is 0.851. The van der Waals surface area contributed by atoms with Gasteiger partial charge in [-0.15, -0.1) is 0 Å². The Kier molecular flexibility index (Phi) is 4.67. The first-order chi connectivity index (χ1) is 11.1. The van der Waals surface area contributed by atoms with Crippen LogP contribution in [-0.2, 0) is 11.3 Å². The fraction of sp³-hybridized carbons (Fsp3) is 0.333. The van der Waals surface area contributed by atoms with Crippen molar-refractivity contribution in [3.8, 4) is 0 Å². The van der Waals surface area contributed by atoms with Gasteiger partial charge in [-0.1, -0.05) is 18.2 Å². The summed E-state index contributed by atoms with van der Waals surface area (Å²) in [5.74, 6) is -0.140. The molecule has 1 aromatic carbocycles. The zero-order valence-electron chi connectivity index (χ0n) is 13.2. The molecule has 1 aliphatic rings. The lowest BCUT2D eigenvalue weighted by atomic mass is 9.94. The number of rotatable bonds is 5. The summed E-state index contributed by atoms with van der Waals surface area (Å²) < 4.78 is 13.0. The zero-order chi connectivity index (χ0) is 16.2. The van der Waals surface area contributed by atoms with E-state index in [9.17, 15) is 9.18 Å². The summed E-state index contributed by atoms with van der Waals surface area (Å²) in [5, 5.41) is 0. The van der Waals surface area contributed by atoms with E-state index in [1.54, 1.807) is 18.3 Å². The summed E-state index contributed by atoms with van der Waals surface area (Å²) in [7, 11) is 1.93. The number of carbonyl (C=O) groups excluding carboxylic acids is 1. The molecule has 1 atom stereocenters. The largest absolute Gasteiger partial charge is 0.334 e. The maximum atomic E-state index is 13.0. The van der Waals surface area contributed by atoms with E-state index in [2.05, 4.69) is 4.98 Å². The van der Waals surface area contributed by atoms with Crippen molar-refractivity contribution < 1.29 is 9.18 Å². The molecule has 0 aliphatic carbocycles. The molecule has 23 heavy (non-hydrogen) atoms. The number of benzene rings is 1. The molecular weight excluding hydrogens is 293 g/mol. The second kappa shape index (κ2) is 6.87. The first-order valence-electron chi connectivity index (χ1n) is 7.76. The molecule has 120 valence electrons. The van der Waals surface area contributed by atoms with E-state index in [4.69, 9.17) is 0 Å². The Morgan fingerprint density at radius 3 is 2.74 bits per heavy atom. The van der Waals surface area contributed by atoms with E-state index in [1.165, 1.54) is 12.1 Å². The minimum atomic E-state index is -0.248. The summed E-state index contributed by atoms with van der Waals surface area (Å²) in [6, 6.07) is 10.4. The molecule has 1 fully saturated rings. The molecule has 0 saturated carbocycles. The number of amides is 1. The van der Waals surface area contributed by atoms with Crippen LogP contribution in [-0.4, -0.2) is 40.8 Å². The molecule has 1 saturated heterocycles. The number of likely N-dealkylation sites (N-methyl/N-ethyl adjacent to an activating group) is 1. The average Bonchev–Trinajstić information content (AvgIpc) is 2.49. The van der Waals surface area contributed by atoms with E-state index in [0.29, 0.717) is 13.1 Å². The molecule has 0 radical (unpaired) electrons. The number of halogens is 1. The Bertz CT molecular complexity index is 660. The van der Waals surface area contributed by atoms with E-state index in [0.717, 1.165) is 24.1 Å². The van der Waals surface area contributed by atoms with Gasteiger partial charge < -0.3 is 4.90 Å². The summed E-state index contributed by atoms with van der Waals surface area (Å²) in [6.07, 6.45) is 4.48. The second-order valence-electron chi connectivity index (χ2n) is 5.98. The average molecular weight is 313 g/mol. The van der Waals surface area contributed by atoms with Crippen molar-refractivity contribution in [1.82, 2.24) is 14.8 Å². The normalized spacial score (nSPS) is 17.2. The fourth-order valence-electron chi connectivity index (χ4n) is 2.90. The van der Waals surface area contributed by atoms with Crippen molar-refractivity contribution in [3.63, 3.8) is 0 Å². The number of hydrogen-bond donors (Lipinski definition) is 0. The van der Waals surface area contributed by atoms with Crippen LogP contribution in [0.15, 0.2) is 48.8 Å². The minimum absolute atomic E-state index is 0.0786. The van der Waals surface area contributed by atoms with Gasteiger partial charge in [0.05, 0.1) is 12.6 Å². The maximum absolute atomic E-state index is 13.0. The molecule has 2 aromatic rings. The van der Waals surface area contributed by atoms with Gasteiger partial charge in [0, 0.05) is 25.5 Å². The van der Waals surface area contributed by atoms with Crippen LogP contribution in [0.1, 0.15) is 23.6 Å². The predicted octanol–water partition coefficient (Wildman–Crippen LogP) is 2.63. The van der Waals surface area contributed by atoms with E-state index < -0.39 is 0 Å². The molecular formula is C18H20FN3O. The van der Waals surface area contributed by atoms with Gasteiger partial charge in [0.2, 0.25) is 5.91 Å². The van der Waals surface area contributed by atoms with Crippen molar-refractivity contribution in [2.45, 2.75) is 19.0 Å². The molecule has 4 nitrogen and oxygen atoms in total. The molecule has 1 amide bonds. The zero-order valence-corrected chi connectivity index (χ0v) is 13.2. The van der Waals surface area contributed by atoms with E-state index in [1.807, 2.05) is 35.2 Å². The Labute approximate surface area is 135 Å². The van der Waals surface area contributed by atoms with E-state index in [-0.39, 0.29) is 17.8 Å². The predicted molar refractivity (Wildman–Crippen MR) is 86.0 cm³/mol. The first kappa shape index (κ1) is 15.6. The van der Waals surface area contributed by atoms with Crippen molar-refractivity contribution in [2.24, 2.45) is 0 Å². The Morgan fingerprint density at radius 1 is 1.35 bits per heavy atom. The Hall–Kier alpha value is -2.27.